The second kappa shape index (κ2) is 6.61. The fourth-order valence-corrected chi connectivity index (χ4v) is 2.46. The van der Waals surface area contributed by atoms with E-state index >= 15 is 0 Å². The summed E-state index contributed by atoms with van der Waals surface area (Å²) < 4.78 is 5.33. The van der Waals surface area contributed by atoms with Crippen LogP contribution in [0.2, 0.25) is 0 Å². The van der Waals surface area contributed by atoms with E-state index in [4.69, 9.17) is 4.74 Å². The standard InChI is InChI=1S/C15H24N4O/c1-5-10-19(18(6-2)7-3)15-13-11-12(20-4)8-9-14(13)16-17-15/h8-9,11H,5-7,10H2,1-4H3,(H,16,17). The van der Waals surface area contributed by atoms with Crippen LogP contribution >= 0.6 is 0 Å². The van der Waals surface area contributed by atoms with Crippen molar-refractivity contribution in [2.45, 2.75) is 27.2 Å². The summed E-state index contributed by atoms with van der Waals surface area (Å²) in [5.74, 6) is 1.83. The number of anilines is 1. The summed E-state index contributed by atoms with van der Waals surface area (Å²) in [5, 5.41) is 13.3. The number of fused-ring (bicyclic) bond motifs is 1. The van der Waals surface area contributed by atoms with Crippen molar-refractivity contribution in [2.75, 3.05) is 31.8 Å². The molecule has 1 aromatic heterocycles. The zero-order valence-corrected chi connectivity index (χ0v) is 12.8. The average molecular weight is 276 g/mol. The normalized spacial score (nSPS) is 11.2. The monoisotopic (exact) mass is 276 g/mol. The molecule has 5 heteroatoms. The van der Waals surface area contributed by atoms with E-state index in [1.807, 2.05) is 18.2 Å². The van der Waals surface area contributed by atoms with Crippen molar-refractivity contribution in [3.8, 4) is 5.75 Å². The third kappa shape index (κ3) is 2.72. The highest BCUT2D eigenvalue weighted by atomic mass is 16.5. The van der Waals surface area contributed by atoms with Gasteiger partial charge in [0.25, 0.3) is 0 Å². The second-order valence-electron chi connectivity index (χ2n) is 4.72. The van der Waals surface area contributed by atoms with Gasteiger partial charge in [0, 0.05) is 25.0 Å². The van der Waals surface area contributed by atoms with E-state index in [1.165, 1.54) is 0 Å². The van der Waals surface area contributed by atoms with E-state index in [2.05, 4.69) is 41.0 Å². The molecule has 110 valence electrons. The molecule has 0 aliphatic heterocycles. The number of hydrazine groups is 1. The van der Waals surface area contributed by atoms with E-state index in [9.17, 15) is 0 Å². The predicted molar refractivity (Wildman–Crippen MR) is 83.2 cm³/mol. The molecule has 0 atom stereocenters. The molecule has 2 aromatic rings. The smallest absolute Gasteiger partial charge is 0.172 e. The van der Waals surface area contributed by atoms with Crippen LogP contribution in [0.5, 0.6) is 5.75 Å². The molecule has 1 N–H and O–H groups in total. The van der Waals surface area contributed by atoms with Crippen LogP contribution in [0.25, 0.3) is 10.9 Å². The minimum absolute atomic E-state index is 0.858. The van der Waals surface area contributed by atoms with Gasteiger partial charge in [0.1, 0.15) is 5.75 Å². The maximum Gasteiger partial charge on any atom is 0.172 e. The Morgan fingerprint density at radius 1 is 1.20 bits per heavy atom. The quantitative estimate of drug-likeness (QED) is 0.789. The Labute approximate surface area is 120 Å². The number of ether oxygens (including phenoxy) is 1. The molecule has 0 bridgehead atoms. The lowest BCUT2D eigenvalue weighted by Gasteiger charge is -2.33. The number of H-pyrrole nitrogens is 1. The Kier molecular flexibility index (Phi) is 4.84. The molecule has 2 rings (SSSR count). The molecule has 1 aromatic carbocycles. The zero-order chi connectivity index (χ0) is 14.5. The molecule has 0 unspecified atom stereocenters. The number of nitrogens with one attached hydrogen (secondary N) is 1. The van der Waals surface area contributed by atoms with Crippen LogP contribution in [0, 0.1) is 0 Å². The summed E-state index contributed by atoms with van der Waals surface area (Å²) in [4.78, 5) is 0. The Bertz CT molecular complexity index is 548. The topological polar surface area (TPSA) is 44.4 Å². The first-order valence-corrected chi connectivity index (χ1v) is 7.29. The van der Waals surface area contributed by atoms with Crippen molar-refractivity contribution in [1.29, 1.82) is 0 Å². The molecular formula is C15H24N4O. The van der Waals surface area contributed by atoms with Crippen molar-refractivity contribution < 1.29 is 4.74 Å². The van der Waals surface area contributed by atoms with Crippen LogP contribution in [0.4, 0.5) is 5.82 Å². The van der Waals surface area contributed by atoms with Gasteiger partial charge in [0.05, 0.1) is 12.6 Å². The maximum atomic E-state index is 5.33. The molecule has 0 fully saturated rings. The summed E-state index contributed by atoms with van der Waals surface area (Å²) in [6.45, 7) is 9.41. The van der Waals surface area contributed by atoms with Crippen molar-refractivity contribution in [2.24, 2.45) is 0 Å². The van der Waals surface area contributed by atoms with Crippen LogP contribution in [-0.4, -0.2) is 42.0 Å². The molecule has 5 nitrogen and oxygen atoms in total. The molecule has 0 saturated heterocycles. The third-order valence-corrected chi connectivity index (χ3v) is 3.50. The van der Waals surface area contributed by atoms with Gasteiger partial charge in [-0.15, -0.1) is 0 Å². The number of nitrogens with zero attached hydrogens (tertiary/aromatic N) is 3. The van der Waals surface area contributed by atoms with Gasteiger partial charge in [-0.25, -0.2) is 5.01 Å². The van der Waals surface area contributed by atoms with Gasteiger partial charge < -0.3 is 4.74 Å². The lowest BCUT2D eigenvalue weighted by Crippen LogP contribution is -2.43. The van der Waals surface area contributed by atoms with Crippen molar-refractivity contribution in [1.82, 2.24) is 15.2 Å². The SMILES string of the molecule is CCCN(c1n[nH]c2ccc(OC)cc12)N(CC)CC. The molecule has 1 heterocycles. The lowest BCUT2D eigenvalue weighted by molar-refractivity contribution is 0.273. The Morgan fingerprint density at radius 2 is 1.95 bits per heavy atom. The highest BCUT2D eigenvalue weighted by Crippen LogP contribution is 2.28. The minimum Gasteiger partial charge on any atom is -0.497 e. The summed E-state index contributed by atoms with van der Waals surface area (Å²) in [6.07, 6.45) is 1.08. The number of hydrogen-bond donors (Lipinski definition) is 1. The Hall–Kier alpha value is -1.75. The molecule has 0 amide bonds. The molecule has 0 aliphatic carbocycles. The van der Waals surface area contributed by atoms with Crippen LogP contribution in [-0.2, 0) is 0 Å². The number of rotatable bonds is 7. The van der Waals surface area contributed by atoms with Gasteiger partial charge in [-0.2, -0.15) is 5.10 Å². The van der Waals surface area contributed by atoms with Gasteiger partial charge >= 0.3 is 0 Å². The fraction of sp³-hybridized carbons (Fsp3) is 0.533. The first kappa shape index (κ1) is 14.7. The van der Waals surface area contributed by atoms with Crippen LogP contribution in [0.3, 0.4) is 0 Å². The number of aromatic amines is 1. The number of benzene rings is 1. The highest BCUT2D eigenvalue weighted by Gasteiger charge is 2.18. The van der Waals surface area contributed by atoms with E-state index in [0.29, 0.717) is 0 Å². The highest BCUT2D eigenvalue weighted by molar-refractivity contribution is 5.91. The van der Waals surface area contributed by atoms with E-state index < -0.39 is 0 Å². The largest absolute Gasteiger partial charge is 0.497 e. The van der Waals surface area contributed by atoms with Gasteiger partial charge in [-0.05, 0) is 24.6 Å². The fourth-order valence-electron chi connectivity index (χ4n) is 2.46. The third-order valence-electron chi connectivity index (χ3n) is 3.50. The molecule has 0 aliphatic rings. The summed E-state index contributed by atoms with van der Waals surface area (Å²) in [5.41, 5.74) is 1.04. The van der Waals surface area contributed by atoms with Gasteiger partial charge in [0.15, 0.2) is 5.82 Å². The van der Waals surface area contributed by atoms with Crippen molar-refractivity contribution >= 4 is 16.7 Å². The summed E-state index contributed by atoms with van der Waals surface area (Å²) >= 11 is 0. The van der Waals surface area contributed by atoms with E-state index in [0.717, 1.165) is 48.5 Å². The minimum atomic E-state index is 0.858. The summed E-state index contributed by atoms with van der Waals surface area (Å²) in [7, 11) is 1.69. The van der Waals surface area contributed by atoms with E-state index in [-0.39, 0.29) is 0 Å². The number of hydrogen-bond acceptors (Lipinski definition) is 4. The second-order valence-corrected chi connectivity index (χ2v) is 4.72. The van der Waals surface area contributed by atoms with E-state index in [1.54, 1.807) is 7.11 Å². The van der Waals surface area contributed by atoms with Gasteiger partial charge in [-0.1, -0.05) is 20.8 Å². The van der Waals surface area contributed by atoms with Crippen LogP contribution in [0.1, 0.15) is 27.2 Å². The average Bonchev–Trinajstić information content (AvgIpc) is 2.90. The van der Waals surface area contributed by atoms with Crippen LogP contribution < -0.4 is 9.75 Å². The van der Waals surface area contributed by atoms with Gasteiger partial charge in [-0.3, -0.25) is 10.1 Å². The number of aromatic nitrogens is 2. The Morgan fingerprint density at radius 3 is 2.55 bits per heavy atom. The Balaban J connectivity index is 2.46. The summed E-state index contributed by atoms with van der Waals surface area (Å²) in [6, 6.07) is 6.00. The van der Waals surface area contributed by atoms with Crippen molar-refractivity contribution in [3.63, 3.8) is 0 Å². The predicted octanol–water partition coefficient (Wildman–Crippen LogP) is 3.04. The van der Waals surface area contributed by atoms with Crippen LogP contribution in [0.15, 0.2) is 18.2 Å². The molecular weight excluding hydrogens is 252 g/mol. The molecule has 20 heavy (non-hydrogen) atoms. The molecule has 0 spiro atoms. The lowest BCUT2D eigenvalue weighted by atomic mass is 10.2. The zero-order valence-electron chi connectivity index (χ0n) is 12.8. The maximum absolute atomic E-state index is 5.33. The van der Waals surface area contributed by atoms with Gasteiger partial charge in [0.2, 0.25) is 0 Å². The molecule has 0 radical (unpaired) electrons. The first-order chi connectivity index (χ1) is 9.74. The first-order valence-electron chi connectivity index (χ1n) is 7.29. The molecule has 0 saturated carbocycles. The number of methoxy groups -OCH3 is 1. The van der Waals surface area contributed by atoms with Crippen molar-refractivity contribution in [3.05, 3.63) is 18.2 Å².